The molecule has 2 rings (SSSR count). The second-order valence-electron chi connectivity index (χ2n) is 3.84. The first-order valence-electron chi connectivity index (χ1n) is 5.37. The Labute approximate surface area is 93.1 Å². The van der Waals surface area contributed by atoms with Gasteiger partial charge in [-0.25, -0.2) is 4.98 Å². The number of nitriles is 1. The van der Waals surface area contributed by atoms with Gasteiger partial charge in [-0.1, -0.05) is 0 Å². The summed E-state index contributed by atoms with van der Waals surface area (Å²) in [5, 5.41) is 8.63. The Morgan fingerprint density at radius 3 is 3.00 bits per heavy atom. The first-order chi connectivity index (χ1) is 7.76. The molecule has 1 N–H and O–H groups in total. The van der Waals surface area contributed by atoms with Crippen molar-refractivity contribution in [1.29, 1.82) is 5.26 Å². The summed E-state index contributed by atoms with van der Waals surface area (Å²) >= 11 is 0. The minimum atomic E-state index is -0.391. The number of aromatic nitrogens is 2. The highest BCUT2D eigenvalue weighted by molar-refractivity contribution is 5.22. The average molecular weight is 219 g/mol. The number of hydrogen-bond acceptors (Lipinski definition) is 4. The largest absolute Gasteiger partial charge is 0.370 e. The highest BCUT2D eigenvalue weighted by atomic mass is 16.5. The zero-order chi connectivity index (χ0) is 11.5. The van der Waals surface area contributed by atoms with E-state index < -0.39 is 5.56 Å². The van der Waals surface area contributed by atoms with Gasteiger partial charge in [0.25, 0.3) is 5.56 Å². The van der Waals surface area contributed by atoms with E-state index in [4.69, 9.17) is 10.00 Å². The first kappa shape index (κ1) is 10.8. The molecule has 1 unspecified atom stereocenters. The van der Waals surface area contributed by atoms with Gasteiger partial charge >= 0.3 is 0 Å². The lowest BCUT2D eigenvalue weighted by atomic mass is 10.2. The molecule has 5 heteroatoms. The highest BCUT2D eigenvalue weighted by Gasteiger charge is 2.34. The molecular formula is C11H13N3O2. The molecular weight excluding hydrogens is 206 g/mol. The molecule has 0 aromatic carbocycles. The van der Waals surface area contributed by atoms with E-state index in [1.807, 2.05) is 6.92 Å². The zero-order valence-corrected chi connectivity index (χ0v) is 9.06. The van der Waals surface area contributed by atoms with Crippen LogP contribution >= 0.6 is 0 Å². The fourth-order valence-corrected chi connectivity index (χ4v) is 1.65. The Hall–Kier alpha value is -1.67. The molecule has 1 fully saturated rings. The Bertz CT molecular complexity index is 471. The van der Waals surface area contributed by atoms with Crippen molar-refractivity contribution in [2.24, 2.45) is 5.92 Å². The third-order valence-electron chi connectivity index (χ3n) is 2.61. The van der Waals surface area contributed by atoms with Crippen molar-refractivity contribution in [3.05, 3.63) is 27.9 Å². The smallest absolute Gasteiger partial charge is 0.268 e. The molecule has 1 saturated carbocycles. The molecule has 1 aliphatic rings. The van der Waals surface area contributed by atoms with E-state index >= 15 is 0 Å². The standard InChI is InChI=1S/C11H13N3O2/c1-2-16-9(7-3-4-7)10-13-6-8(5-12)11(15)14-10/h6-7,9H,2-4H2,1H3,(H,13,14,15). The molecule has 1 aromatic heterocycles. The van der Waals surface area contributed by atoms with Crippen LogP contribution in [0.25, 0.3) is 0 Å². The fourth-order valence-electron chi connectivity index (χ4n) is 1.65. The molecule has 16 heavy (non-hydrogen) atoms. The van der Waals surface area contributed by atoms with Crippen molar-refractivity contribution >= 4 is 0 Å². The molecule has 5 nitrogen and oxygen atoms in total. The van der Waals surface area contributed by atoms with Crippen LogP contribution in [0.15, 0.2) is 11.0 Å². The lowest BCUT2D eigenvalue weighted by molar-refractivity contribution is 0.0398. The van der Waals surface area contributed by atoms with Crippen LogP contribution in [0, 0.1) is 17.2 Å². The summed E-state index contributed by atoms with van der Waals surface area (Å²) in [5.41, 5.74) is -0.354. The van der Waals surface area contributed by atoms with Crippen molar-refractivity contribution in [2.75, 3.05) is 6.61 Å². The molecule has 0 spiro atoms. The second-order valence-corrected chi connectivity index (χ2v) is 3.84. The molecule has 1 aromatic rings. The minimum Gasteiger partial charge on any atom is -0.370 e. The maximum Gasteiger partial charge on any atom is 0.268 e. The topological polar surface area (TPSA) is 78.8 Å². The van der Waals surface area contributed by atoms with Crippen LogP contribution in [0.3, 0.4) is 0 Å². The molecule has 0 radical (unpaired) electrons. The number of ether oxygens (including phenoxy) is 1. The van der Waals surface area contributed by atoms with Crippen LogP contribution < -0.4 is 5.56 Å². The Kier molecular flexibility index (Phi) is 3.02. The highest BCUT2D eigenvalue weighted by Crippen LogP contribution is 2.41. The number of nitrogens with zero attached hydrogens (tertiary/aromatic N) is 2. The average Bonchev–Trinajstić information content (AvgIpc) is 3.09. The van der Waals surface area contributed by atoms with E-state index in [9.17, 15) is 4.79 Å². The predicted molar refractivity (Wildman–Crippen MR) is 56.7 cm³/mol. The Morgan fingerprint density at radius 1 is 1.75 bits per heavy atom. The van der Waals surface area contributed by atoms with E-state index in [1.54, 1.807) is 6.07 Å². The lowest BCUT2D eigenvalue weighted by Gasteiger charge is -2.14. The van der Waals surface area contributed by atoms with Crippen LogP contribution in [-0.2, 0) is 4.74 Å². The summed E-state index contributed by atoms with van der Waals surface area (Å²) in [6, 6.07) is 1.79. The van der Waals surface area contributed by atoms with Crippen molar-refractivity contribution in [1.82, 2.24) is 9.97 Å². The second kappa shape index (κ2) is 4.45. The molecule has 0 amide bonds. The van der Waals surface area contributed by atoms with Gasteiger partial charge in [-0.3, -0.25) is 4.79 Å². The van der Waals surface area contributed by atoms with Gasteiger partial charge in [-0.2, -0.15) is 5.26 Å². The number of hydrogen-bond donors (Lipinski definition) is 1. The summed E-state index contributed by atoms with van der Waals surface area (Å²) in [6.07, 6.45) is 3.39. The maximum atomic E-state index is 11.4. The van der Waals surface area contributed by atoms with Gasteiger partial charge in [-0.05, 0) is 25.7 Å². The van der Waals surface area contributed by atoms with Gasteiger partial charge in [0.2, 0.25) is 0 Å². The third-order valence-corrected chi connectivity index (χ3v) is 2.61. The number of rotatable bonds is 4. The fraction of sp³-hybridized carbons (Fsp3) is 0.545. The van der Waals surface area contributed by atoms with Gasteiger partial charge in [-0.15, -0.1) is 0 Å². The molecule has 0 aliphatic heterocycles. The van der Waals surface area contributed by atoms with Gasteiger partial charge in [0, 0.05) is 6.61 Å². The number of H-pyrrole nitrogens is 1. The van der Waals surface area contributed by atoms with Crippen LogP contribution in [0.2, 0.25) is 0 Å². The minimum absolute atomic E-state index is 0.0368. The summed E-state index contributed by atoms with van der Waals surface area (Å²) in [7, 11) is 0. The summed E-state index contributed by atoms with van der Waals surface area (Å²) < 4.78 is 5.56. The summed E-state index contributed by atoms with van der Waals surface area (Å²) in [5.74, 6) is 0.990. The summed E-state index contributed by atoms with van der Waals surface area (Å²) in [6.45, 7) is 2.50. The van der Waals surface area contributed by atoms with Crippen LogP contribution in [0.5, 0.6) is 0 Å². The van der Waals surface area contributed by atoms with Crippen molar-refractivity contribution < 1.29 is 4.74 Å². The van der Waals surface area contributed by atoms with Crippen molar-refractivity contribution in [3.63, 3.8) is 0 Å². The van der Waals surface area contributed by atoms with E-state index in [0.717, 1.165) is 12.8 Å². The van der Waals surface area contributed by atoms with Gasteiger partial charge in [0.15, 0.2) is 0 Å². The maximum absolute atomic E-state index is 11.4. The van der Waals surface area contributed by atoms with Crippen LogP contribution in [0.4, 0.5) is 0 Å². The SMILES string of the molecule is CCOC(c1ncc(C#N)c(=O)[nH]1)C1CC1. The lowest BCUT2D eigenvalue weighted by Crippen LogP contribution is -2.19. The van der Waals surface area contributed by atoms with E-state index in [0.29, 0.717) is 18.3 Å². The van der Waals surface area contributed by atoms with Crippen molar-refractivity contribution in [2.45, 2.75) is 25.9 Å². The predicted octanol–water partition coefficient (Wildman–Crippen LogP) is 1.13. The summed E-state index contributed by atoms with van der Waals surface area (Å²) in [4.78, 5) is 18.2. The molecule has 84 valence electrons. The number of nitrogens with one attached hydrogen (secondary N) is 1. The van der Waals surface area contributed by atoms with E-state index in [-0.39, 0.29) is 11.7 Å². The Morgan fingerprint density at radius 2 is 2.50 bits per heavy atom. The van der Waals surface area contributed by atoms with Crippen molar-refractivity contribution in [3.8, 4) is 6.07 Å². The monoisotopic (exact) mass is 219 g/mol. The quantitative estimate of drug-likeness (QED) is 0.823. The molecule has 1 atom stereocenters. The van der Waals surface area contributed by atoms with E-state index in [1.165, 1.54) is 6.20 Å². The number of aromatic amines is 1. The van der Waals surface area contributed by atoms with Crippen LogP contribution in [0.1, 0.15) is 37.3 Å². The van der Waals surface area contributed by atoms with E-state index in [2.05, 4.69) is 9.97 Å². The first-order valence-corrected chi connectivity index (χ1v) is 5.37. The molecule has 0 bridgehead atoms. The zero-order valence-electron chi connectivity index (χ0n) is 9.06. The normalized spacial score (nSPS) is 16.8. The Balaban J connectivity index is 2.28. The molecule has 1 heterocycles. The third kappa shape index (κ3) is 2.12. The van der Waals surface area contributed by atoms with Crippen LogP contribution in [-0.4, -0.2) is 16.6 Å². The molecule has 0 saturated heterocycles. The van der Waals surface area contributed by atoms with Gasteiger partial charge in [0.1, 0.15) is 23.6 Å². The van der Waals surface area contributed by atoms with Gasteiger partial charge in [0.05, 0.1) is 6.20 Å². The van der Waals surface area contributed by atoms with Gasteiger partial charge < -0.3 is 9.72 Å². The molecule has 1 aliphatic carbocycles.